The molecule has 0 aromatic heterocycles. The first-order chi connectivity index (χ1) is 14.6. The maximum absolute atomic E-state index is 13.1. The van der Waals surface area contributed by atoms with Gasteiger partial charge in [0.2, 0.25) is 5.91 Å². The second-order valence-electron chi connectivity index (χ2n) is 7.75. The summed E-state index contributed by atoms with van der Waals surface area (Å²) in [7, 11) is 0. The second-order valence-corrected chi connectivity index (χ2v) is 7.75. The molecule has 1 aliphatic rings. The fourth-order valence-corrected chi connectivity index (χ4v) is 3.97. The number of aromatic hydroxyl groups is 1. The number of piperidine rings is 1. The van der Waals surface area contributed by atoms with E-state index in [1.54, 1.807) is 11.0 Å². The Morgan fingerprint density at radius 1 is 1.13 bits per heavy atom. The van der Waals surface area contributed by atoms with Crippen LogP contribution in [0.2, 0.25) is 0 Å². The van der Waals surface area contributed by atoms with E-state index in [1.165, 1.54) is 0 Å². The van der Waals surface area contributed by atoms with Gasteiger partial charge >= 0.3 is 0 Å². The summed E-state index contributed by atoms with van der Waals surface area (Å²) in [5.74, 6) is 0.805. The van der Waals surface area contributed by atoms with Crippen molar-refractivity contribution in [1.29, 1.82) is 0 Å². The van der Waals surface area contributed by atoms with Crippen LogP contribution in [0.15, 0.2) is 48.5 Å². The zero-order chi connectivity index (χ0) is 21.3. The number of rotatable bonds is 9. The molecule has 2 aromatic rings. The summed E-state index contributed by atoms with van der Waals surface area (Å²) < 4.78 is 5.47. The number of phenolic OH excluding ortho intramolecular Hbond substituents is 1. The summed E-state index contributed by atoms with van der Waals surface area (Å²) in [5.41, 5.74) is 2.17. The Kier molecular flexibility index (Phi) is 8.11. The molecular weight excluding hydrogens is 380 g/mol. The zero-order valence-corrected chi connectivity index (χ0v) is 17.7. The van der Waals surface area contributed by atoms with Crippen molar-refractivity contribution in [3.63, 3.8) is 0 Å². The highest BCUT2D eigenvalue weighted by molar-refractivity contribution is 5.79. The normalized spacial score (nSPS) is 15.1. The number of carbonyl (C=O) groups excluding carboxylic acids is 1. The quantitative estimate of drug-likeness (QED) is 0.662. The van der Waals surface area contributed by atoms with Gasteiger partial charge in [-0.1, -0.05) is 36.4 Å². The number of ether oxygens (including phenoxy) is 1. The van der Waals surface area contributed by atoms with Gasteiger partial charge in [-0.25, -0.2) is 0 Å². The topological polar surface area (TPSA) is 73.2 Å². The van der Waals surface area contributed by atoms with Crippen molar-refractivity contribution >= 4 is 5.91 Å². The first-order valence-corrected chi connectivity index (χ1v) is 10.7. The van der Waals surface area contributed by atoms with Crippen molar-refractivity contribution in [2.24, 2.45) is 5.92 Å². The number of aliphatic hydroxyl groups excluding tert-OH is 1. The molecule has 162 valence electrons. The number of nitrogens with zero attached hydrogens (tertiary/aromatic N) is 2. The molecule has 0 spiro atoms. The van der Waals surface area contributed by atoms with Gasteiger partial charge in [-0.05, 0) is 56.1 Å². The number of benzene rings is 2. The monoisotopic (exact) mass is 412 g/mol. The van der Waals surface area contributed by atoms with Crippen molar-refractivity contribution in [3.8, 4) is 11.5 Å². The lowest BCUT2D eigenvalue weighted by atomic mass is 9.94. The Morgan fingerprint density at radius 3 is 2.53 bits per heavy atom. The number of hydrogen-bond acceptors (Lipinski definition) is 5. The average Bonchev–Trinajstić information content (AvgIpc) is 2.77. The smallest absolute Gasteiger partial charge is 0.226 e. The van der Waals surface area contributed by atoms with Gasteiger partial charge in [0, 0.05) is 25.6 Å². The molecule has 2 N–H and O–H groups in total. The Labute approximate surface area is 178 Å². The highest BCUT2D eigenvalue weighted by Gasteiger charge is 2.28. The van der Waals surface area contributed by atoms with Crippen LogP contribution in [0.1, 0.15) is 30.9 Å². The molecule has 2 aromatic carbocycles. The number of likely N-dealkylation sites (tertiary alicyclic amines) is 1. The van der Waals surface area contributed by atoms with E-state index >= 15 is 0 Å². The Balaban J connectivity index is 1.54. The molecule has 0 atom stereocenters. The molecule has 1 aliphatic heterocycles. The summed E-state index contributed by atoms with van der Waals surface area (Å²) >= 11 is 0. The van der Waals surface area contributed by atoms with E-state index in [9.17, 15) is 15.0 Å². The summed E-state index contributed by atoms with van der Waals surface area (Å²) in [6.07, 6.45) is 1.62. The summed E-state index contributed by atoms with van der Waals surface area (Å²) in [5, 5.41) is 19.3. The highest BCUT2D eigenvalue weighted by Crippen LogP contribution is 2.28. The van der Waals surface area contributed by atoms with Crippen molar-refractivity contribution in [3.05, 3.63) is 59.7 Å². The van der Waals surface area contributed by atoms with Gasteiger partial charge in [0.15, 0.2) is 11.5 Å². The third-order valence-electron chi connectivity index (χ3n) is 5.56. The van der Waals surface area contributed by atoms with Crippen LogP contribution in [0.25, 0.3) is 0 Å². The maximum Gasteiger partial charge on any atom is 0.226 e. The van der Waals surface area contributed by atoms with E-state index in [1.807, 2.05) is 49.4 Å². The van der Waals surface area contributed by atoms with Crippen LogP contribution in [-0.2, 0) is 17.9 Å². The van der Waals surface area contributed by atoms with Gasteiger partial charge in [-0.3, -0.25) is 9.69 Å². The first-order valence-electron chi connectivity index (χ1n) is 10.7. The lowest BCUT2D eigenvalue weighted by molar-refractivity contribution is -0.138. The number of carbonyl (C=O) groups is 1. The molecule has 0 unspecified atom stereocenters. The Morgan fingerprint density at radius 2 is 1.87 bits per heavy atom. The first kappa shape index (κ1) is 22.1. The van der Waals surface area contributed by atoms with Gasteiger partial charge in [-0.15, -0.1) is 0 Å². The van der Waals surface area contributed by atoms with Crippen molar-refractivity contribution in [2.75, 3.05) is 32.8 Å². The van der Waals surface area contributed by atoms with Crippen LogP contribution < -0.4 is 4.74 Å². The molecule has 30 heavy (non-hydrogen) atoms. The fraction of sp³-hybridized carbons (Fsp3) is 0.458. The minimum absolute atomic E-state index is 0.00434. The highest BCUT2D eigenvalue weighted by atomic mass is 16.5. The third-order valence-corrected chi connectivity index (χ3v) is 5.56. The molecule has 1 amide bonds. The average molecular weight is 413 g/mol. The lowest BCUT2D eigenvalue weighted by Gasteiger charge is -2.34. The minimum atomic E-state index is -0.0273. The summed E-state index contributed by atoms with van der Waals surface area (Å²) in [6, 6.07) is 15.4. The van der Waals surface area contributed by atoms with Crippen LogP contribution in [0, 0.1) is 5.92 Å². The molecule has 0 radical (unpaired) electrons. The molecule has 0 bridgehead atoms. The van der Waals surface area contributed by atoms with Gasteiger partial charge in [-0.2, -0.15) is 0 Å². The lowest BCUT2D eigenvalue weighted by Crippen LogP contribution is -2.43. The second kappa shape index (κ2) is 11.0. The molecule has 0 aliphatic carbocycles. The molecule has 6 heteroatoms. The van der Waals surface area contributed by atoms with E-state index in [-0.39, 0.29) is 24.2 Å². The molecule has 3 rings (SSSR count). The van der Waals surface area contributed by atoms with Crippen LogP contribution in [0.4, 0.5) is 0 Å². The molecule has 1 heterocycles. The molecular formula is C24H32N2O4. The summed E-state index contributed by atoms with van der Waals surface area (Å²) in [4.78, 5) is 17.2. The van der Waals surface area contributed by atoms with E-state index in [0.29, 0.717) is 25.4 Å². The predicted molar refractivity (Wildman–Crippen MR) is 116 cm³/mol. The van der Waals surface area contributed by atoms with Gasteiger partial charge < -0.3 is 19.8 Å². The number of amides is 1. The summed E-state index contributed by atoms with van der Waals surface area (Å²) in [6.45, 7) is 5.74. The van der Waals surface area contributed by atoms with Crippen LogP contribution in [0.5, 0.6) is 11.5 Å². The van der Waals surface area contributed by atoms with Crippen LogP contribution in [0.3, 0.4) is 0 Å². The Hall–Kier alpha value is -2.57. The van der Waals surface area contributed by atoms with E-state index < -0.39 is 0 Å². The van der Waals surface area contributed by atoms with Crippen molar-refractivity contribution in [1.82, 2.24) is 9.80 Å². The third kappa shape index (κ3) is 5.97. The standard InChI is InChI=1S/C24H32N2O4/c1-2-30-23-16-20(8-9-22(23)28)17-25-12-10-21(11-13-25)24(29)26(14-15-27)18-19-6-4-3-5-7-19/h3-9,16,21,27-28H,2,10-15,17-18H2,1H3. The number of aliphatic hydroxyl groups is 1. The largest absolute Gasteiger partial charge is 0.504 e. The minimum Gasteiger partial charge on any atom is -0.504 e. The zero-order valence-electron chi connectivity index (χ0n) is 17.7. The van der Waals surface area contributed by atoms with Gasteiger partial charge in [0.1, 0.15) is 0 Å². The van der Waals surface area contributed by atoms with E-state index in [0.717, 1.165) is 43.6 Å². The van der Waals surface area contributed by atoms with E-state index in [2.05, 4.69) is 4.90 Å². The molecule has 6 nitrogen and oxygen atoms in total. The SMILES string of the molecule is CCOc1cc(CN2CCC(C(=O)N(CCO)Cc3ccccc3)CC2)ccc1O. The number of hydrogen-bond donors (Lipinski definition) is 2. The molecule has 0 saturated carbocycles. The van der Waals surface area contributed by atoms with Crippen LogP contribution in [-0.4, -0.2) is 58.8 Å². The van der Waals surface area contributed by atoms with Crippen molar-refractivity contribution < 1.29 is 19.7 Å². The number of phenols is 1. The predicted octanol–water partition coefficient (Wildman–Crippen LogP) is 3.02. The fourth-order valence-electron chi connectivity index (χ4n) is 3.97. The molecule has 1 fully saturated rings. The van der Waals surface area contributed by atoms with Crippen molar-refractivity contribution in [2.45, 2.75) is 32.9 Å². The van der Waals surface area contributed by atoms with Gasteiger partial charge in [0.25, 0.3) is 0 Å². The molecule has 1 saturated heterocycles. The van der Waals surface area contributed by atoms with Crippen LogP contribution >= 0.6 is 0 Å². The Bertz CT molecular complexity index is 804. The van der Waals surface area contributed by atoms with E-state index in [4.69, 9.17) is 4.74 Å². The maximum atomic E-state index is 13.1. The van der Waals surface area contributed by atoms with Gasteiger partial charge in [0.05, 0.1) is 13.2 Å².